The van der Waals surface area contributed by atoms with Crippen LogP contribution in [0.4, 0.5) is 5.82 Å². The van der Waals surface area contributed by atoms with Gasteiger partial charge in [0.25, 0.3) is 0 Å². The lowest BCUT2D eigenvalue weighted by atomic mass is 10.1. The number of halogens is 1. The summed E-state index contributed by atoms with van der Waals surface area (Å²) in [7, 11) is -0.287. The standard InChI is InChI=1S/C21H22ClN5O7S/c1-10(28)32-15-16(18(22)35(30)13-6-4-12(31-3)5-7-13)34-21(17(15)33-11(2)29)27-9-26-14-19(23)24-8-25-20(14)27/h4-9,15-18,21H,1-3H3,(H2,23,24,25)/t15-,16+,17-,18+,21-,35-/m1/s1. The number of hydrogen-bond donors (Lipinski definition) is 1. The monoisotopic (exact) mass is 523 g/mol. The number of anilines is 1. The van der Waals surface area contributed by atoms with Crippen molar-refractivity contribution < 1.29 is 32.7 Å². The lowest BCUT2D eigenvalue weighted by Gasteiger charge is -2.25. The van der Waals surface area contributed by atoms with E-state index >= 15 is 0 Å². The first-order chi connectivity index (χ1) is 16.7. The smallest absolute Gasteiger partial charge is 0.303 e. The summed E-state index contributed by atoms with van der Waals surface area (Å²) in [5.74, 6) is -0.598. The summed E-state index contributed by atoms with van der Waals surface area (Å²) in [4.78, 5) is 36.6. The Morgan fingerprint density at radius 3 is 2.40 bits per heavy atom. The molecular weight excluding hydrogens is 502 g/mol. The van der Waals surface area contributed by atoms with Gasteiger partial charge in [-0.05, 0) is 24.3 Å². The van der Waals surface area contributed by atoms with E-state index in [-0.39, 0.29) is 5.82 Å². The highest BCUT2D eigenvalue weighted by atomic mass is 35.5. The Hall–Kier alpha value is -3.29. The molecule has 0 unspecified atom stereocenters. The molecule has 14 heteroatoms. The number of imidazole rings is 1. The van der Waals surface area contributed by atoms with E-state index in [1.807, 2.05) is 0 Å². The maximum Gasteiger partial charge on any atom is 0.303 e. The number of alkyl halides is 1. The van der Waals surface area contributed by atoms with Crippen LogP contribution in [0.15, 0.2) is 41.8 Å². The molecule has 1 aromatic carbocycles. The minimum absolute atomic E-state index is 0.139. The minimum atomic E-state index is -1.80. The molecule has 1 saturated heterocycles. The Morgan fingerprint density at radius 1 is 1.11 bits per heavy atom. The molecule has 186 valence electrons. The van der Waals surface area contributed by atoms with E-state index in [1.165, 1.54) is 38.2 Å². The lowest BCUT2D eigenvalue weighted by molar-refractivity contribution is -0.165. The summed E-state index contributed by atoms with van der Waals surface area (Å²) in [6, 6.07) is 6.48. The number of aromatic nitrogens is 4. The topological polar surface area (TPSA) is 158 Å². The second-order valence-electron chi connectivity index (χ2n) is 7.55. The normalized spacial score (nSPS) is 23.5. The Morgan fingerprint density at radius 2 is 1.77 bits per heavy atom. The number of nitrogen functional groups attached to an aromatic ring is 1. The van der Waals surface area contributed by atoms with Crippen molar-refractivity contribution in [2.75, 3.05) is 12.8 Å². The third kappa shape index (κ3) is 4.92. The van der Waals surface area contributed by atoms with Gasteiger partial charge in [0, 0.05) is 18.7 Å². The van der Waals surface area contributed by atoms with Gasteiger partial charge in [0.05, 0.1) is 24.2 Å². The highest BCUT2D eigenvalue weighted by Gasteiger charge is 2.54. The first-order valence-corrected chi connectivity index (χ1v) is 12.0. The Balaban J connectivity index is 1.73. The first kappa shape index (κ1) is 24.8. The van der Waals surface area contributed by atoms with Gasteiger partial charge in [0.15, 0.2) is 29.9 Å². The average molecular weight is 524 g/mol. The van der Waals surface area contributed by atoms with Crippen LogP contribution in [0.2, 0.25) is 0 Å². The molecule has 1 fully saturated rings. The zero-order valence-electron chi connectivity index (χ0n) is 18.9. The fourth-order valence-corrected chi connectivity index (χ4v) is 5.40. The van der Waals surface area contributed by atoms with Crippen LogP contribution in [0.25, 0.3) is 11.2 Å². The van der Waals surface area contributed by atoms with Gasteiger partial charge in [0.1, 0.15) is 28.4 Å². The number of carbonyl (C=O) groups excluding carboxylic acids is 2. The lowest BCUT2D eigenvalue weighted by Crippen LogP contribution is -2.43. The largest absolute Gasteiger partial charge is 0.497 e. The van der Waals surface area contributed by atoms with Crippen molar-refractivity contribution in [2.45, 2.75) is 48.0 Å². The molecule has 6 atom stereocenters. The van der Waals surface area contributed by atoms with Crippen molar-refractivity contribution >= 4 is 51.3 Å². The van der Waals surface area contributed by atoms with Gasteiger partial charge >= 0.3 is 11.9 Å². The second kappa shape index (κ2) is 10.1. The SMILES string of the molecule is COc1ccc([S@@](=O)[C@H](Cl)[C@H]2O[C@@H](n3cnc4c(N)ncnc43)[C@H](OC(C)=O)[C@@H]2OC(C)=O)cc1. The quantitative estimate of drug-likeness (QED) is 0.353. The number of rotatable bonds is 7. The summed E-state index contributed by atoms with van der Waals surface area (Å²) in [6.45, 7) is 2.40. The Labute approximate surface area is 207 Å². The van der Waals surface area contributed by atoms with Crippen LogP contribution in [-0.4, -0.2) is 65.8 Å². The van der Waals surface area contributed by atoms with Crippen LogP contribution < -0.4 is 10.5 Å². The zero-order valence-corrected chi connectivity index (χ0v) is 20.4. The van der Waals surface area contributed by atoms with Crippen LogP contribution in [0, 0.1) is 0 Å². The molecule has 2 aromatic heterocycles. The first-order valence-electron chi connectivity index (χ1n) is 10.3. The van der Waals surface area contributed by atoms with Crippen LogP contribution in [-0.2, 0) is 34.6 Å². The highest BCUT2D eigenvalue weighted by Crippen LogP contribution is 2.40. The molecule has 1 aliphatic heterocycles. The van der Waals surface area contributed by atoms with Gasteiger partial charge in [-0.15, -0.1) is 11.6 Å². The molecule has 2 N–H and O–H groups in total. The summed E-state index contributed by atoms with van der Waals surface area (Å²) in [5, 5.41) is 0. The van der Waals surface area contributed by atoms with Gasteiger partial charge in [-0.25, -0.2) is 15.0 Å². The molecule has 4 rings (SSSR count). The van der Waals surface area contributed by atoms with Crippen LogP contribution >= 0.6 is 11.6 Å². The molecule has 0 aliphatic carbocycles. The predicted octanol–water partition coefficient (Wildman–Crippen LogP) is 1.55. The van der Waals surface area contributed by atoms with Crippen molar-refractivity contribution in [2.24, 2.45) is 0 Å². The van der Waals surface area contributed by atoms with Gasteiger partial charge in [0.2, 0.25) is 0 Å². The van der Waals surface area contributed by atoms with E-state index in [4.69, 9.17) is 36.3 Å². The van der Waals surface area contributed by atoms with E-state index in [2.05, 4.69) is 15.0 Å². The average Bonchev–Trinajstić information content (AvgIpc) is 3.40. The number of ether oxygens (including phenoxy) is 4. The number of methoxy groups -OCH3 is 1. The molecule has 35 heavy (non-hydrogen) atoms. The Kier molecular flexibility index (Phi) is 7.19. The molecule has 0 spiro atoms. The number of esters is 2. The van der Waals surface area contributed by atoms with Crippen molar-refractivity contribution in [3.8, 4) is 5.75 Å². The van der Waals surface area contributed by atoms with Crippen LogP contribution in [0.5, 0.6) is 5.75 Å². The Bertz CT molecular complexity index is 1270. The molecule has 12 nitrogen and oxygen atoms in total. The predicted molar refractivity (Wildman–Crippen MR) is 124 cm³/mol. The number of carbonyl (C=O) groups is 2. The third-order valence-electron chi connectivity index (χ3n) is 5.25. The number of nitrogens with two attached hydrogens (primary N) is 1. The van der Waals surface area contributed by atoms with Crippen LogP contribution in [0.1, 0.15) is 20.1 Å². The number of benzene rings is 1. The van der Waals surface area contributed by atoms with Gasteiger partial charge < -0.3 is 24.7 Å². The summed E-state index contributed by atoms with van der Waals surface area (Å²) in [6.07, 6.45) is -1.90. The van der Waals surface area contributed by atoms with Crippen molar-refractivity contribution in [1.82, 2.24) is 19.5 Å². The van der Waals surface area contributed by atoms with E-state index in [0.717, 1.165) is 0 Å². The van der Waals surface area contributed by atoms with E-state index in [9.17, 15) is 13.8 Å². The van der Waals surface area contributed by atoms with Gasteiger partial charge in [-0.3, -0.25) is 18.4 Å². The van der Waals surface area contributed by atoms with E-state index in [1.54, 1.807) is 24.3 Å². The molecule has 0 radical (unpaired) electrons. The summed E-state index contributed by atoms with van der Waals surface area (Å²) < 4.78 is 35.8. The maximum absolute atomic E-state index is 13.3. The fraction of sp³-hybridized carbons (Fsp3) is 0.381. The van der Waals surface area contributed by atoms with Crippen molar-refractivity contribution in [1.29, 1.82) is 0 Å². The molecule has 0 amide bonds. The number of nitrogens with zero attached hydrogens (tertiary/aromatic N) is 4. The fourth-order valence-electron chi connectivity index (χ4n) is 3.76. The highest BCUT2D eigenvalue weighted by molar-refractivity contribution is 7.87. The molecular formula is C21H22ClN5O7S. The molecule has 0 bridgehead atoms. The molecule has 3 heterocycles. The van der Waals surface area contributed by atoms with Gasteiger partial charge in [-0.1, -0.05) is 0 Å². The van der Waals surface area contributed by atoms with Crippen molar-refractivity contribution in [3.05, 3.63) is 36.9 Å². The summed E-state index contributed by atoms with van der Waals surface area (Å²) in [5.41, 5.74) is 6.48. The third-order valence-corrected chi connectivity index (χ3v) is 7.39. The molecule has 1 aliphatic rings. The zero-order chi connectivity index (χ0) is 25.3. The number of fused-ring (bicyclic) bond motifs is 1. The van der Waals surface area contributed by atoms with Gasteiger partial charge in [-0.2, -0.15) is 0 Å². The maximum atomic E-state index is 13.3. The number of hydrogen-bond acceptors (Lipinski definition) is 11. The van der Waals surface area contributed by atoms with E-state index in [0.29, 0.717) is 21.8 Å². The molecule has 3 aromatic rings. The molecule has 0 saturated carbocycles. The van der Waals surface area contributed by atoms with E-state index < -0.39 is 52.0 Å². The van der Waals surface area contributed by atoms with Crippen LogP contribution in [0.3, 0.4) is 0 Å². The van der Waals surface area contributed by atoms with Crippen molar-refractivity contribution in [3.63, 3.8) is 0 Å². The minimum Gasteiger partial charge on any atom is -0.497 e. The summed E-state index contributed by atoms with van der Waals surface area (Å²) >= 11 is 6.64. The second-order valence-corrected chi connectivity index (χ2v) is 9.85.